The molecule has 0 N–H and O–H groups in total. The van der Waals surface area contributed by atoms with Gasteiger partial charge >= 0.3 is 0 Å². The molecule has 0 spiro atoms. The number of ether oxygens (including phenoxy) is 1. The third-order valence-electron chi connectivity index (χ3n) is 7.75. The van der Waals surface area contributed by atoms with Crippen LogP contribution in [0.2, 0.25) is 0 Å². The van der Waals surface area contributed by atoms with Crippen molar-refractivity contribution < 1.29 is 4.74 Å². The van der Waals surface area contributed by atoms with Crippen molar-refractivity contribution in [2.45, 2.75) is 98.3 Å². The number of benzene rings is 1. The molecule has 2 atom stereocenters. The average molecular weight is 490 g/mol. The van der Waals surface area contributed by atoms with Gasteiger partial charge in [-0.25, -0.2) is 0 Å². The van der Waals surface area contributed by atoms with Crippen LogP contribution in [0.25, 0.3) is 0 Å². The van der Waals surface area contributed by atoms with Crippen molar-refractivity contribution in [3.63, 3.8) is 0 Å². The van der Waals surface area contributed by atoms with Crippen LogP contribution in [0.5, 0.6) is 0 Å². The van der Waals surface area contributed by atoms with E-state index >= 15 is 0 Å². The summed E-state index contributed by atoms with van der Waals surface area (Å²) in [6, 6.07) is 7.05. The second-order valence-electron chi connectivity index (χ2n) is 11.6. The Balaban J connectivity index is 1.69. The van der Waals surface area contributed by atoms with E-state index in [-0.39, 0.29) is 0 Å². The highest BCUT2D eigenvalue weighted by Gasteiger charge is 2.28. The van der Waals surface area contributed by atoms with E-state index in [2.05, 4.69) is 82.5 Å². The van der Waals surface area contributed by atoms with E-state index in [0.717, 1.165) is 50.8 Å². The summed E-state index contributed by atoms with van der Waals surface area (Å²) in [5.74, 6) is 3.11. The fourth-order valence-corrected chi connectivity index (χ4v) is 5.55. The van der Waals surface area contributed by atoms with Crippen LogP contribution in [-0.2, 0) is 11.2 Å². The molecule has 1 aromatic rings. The van der Waals surface area contributed by atoms with Gasteiger partial charge in [0, 0.05) is 25.4 Å². The first-order valence-corrected chi connectivity index (χ1v) is 14.6. The van der Waals surface area contributed by atoms with Crippen molar-refractivity contribution in [1.82, 2.24) is 4.90 Å². The number of aryl methyl sites for hydroxylation is 2. The molecule has 2 aliphatic rings. The van der Waals surface area contributed by atoms with Crippen molar-refractivity contribution in [2.24, 2.45) is 11.8 Å². The van der Waals surface area contributed by atoms with Crippen molar-refractivity contribution >= 4 is 0 Å². The number of hydrogen-bond acceptors (Lipinski definition) is 2. The molecule has 198 valence electrons. The Labute approximate surface area is 222 Å². The van der Waals surface area contributed by atoms with Crippen molar-refractivity contribution in [3.05, 3.63) is 82.8 Å². The average Bonchev–Trinajstić information content (AvgIpc) is 3.03. The lowest BCUT2D eigenvalue weighted by molar-refractivity contribution is 0.188. The van der Waals surface area contributed by atoms with E-state index in [1.807, 2.05) is 6.08 Å². The predicted octanol–water partition coefficient (Wildman–Crippen LogP) is 9.28. The Kier molecular flexibility index (Phi) is 11.4. The van der Waals surface area contributed by atoms with E-state index in [9.17, 15) is 0 Å². The van der Waals surface area contributed by atoms with Crippen molar-refractivity contribution in [2.75, 3.05) is 19.7 Å². The van der Waals surface area contributed by atoms with Gasteiger partial charge in [-0.2, -0.15) is 0 Å². The van der Waals surface area contributed by atoms with Gasteiger partial charge in [0.15, 0.2) is 0 Å². The molecule has 0 aromatic heterocycles. The van der Waals surface area contributed by atoms with Gasteiger partial charge in [0.05, 0.1) is 12.3 Å². The molecule has 0 fully saturated rings. The van der Waals surface area contributed by atoms with Crippen molar-refractivity contribution in [3.8, 4) is 0 Å². The maximum Gasteiger partial charge on any atom is 0.120 e. The standard InChI is InChI=1S/C34H51NO/c1-7-13-30-22-28(6)17-19-32(30)31-24-35(33-23-29(8-2)18-20-34(33)36-25-31)21-12-16-27(5)15-11-9-10-14-26(3)4/h8-9,11,17,19,22-23,26-27,31H,2,7,10,12-16,18,20-21,24-25H2,1,3-6H3/b11-9+. The van der Waals surface area contributed by atoms with E-state index in [4.69, 9.17) is 4.74 Å². The highest BCUT2D eigenvalue weighted by molar-refractivity contribution is 5.38. The highest BCUT2D eigenvalue weighted by Crippen LogP contribution is 2.35. The van der Waals surface area contributed by atoms with Gasteiger partial charge in [-0.1, -0.05) is 82.7 Å². The van der Waals surface area contributed by atoms with Gasteiger partial charge in [0.25, 0.3) is 0 Å². The van der Waals surface area contributed by atoms with Crippen LogP contribution in [-0.4, -0.2) is 24.6 Å². The molecule has 0 saturated carbocycles. The lowest BCUT2D eigenvalue weighted by Gasteiger charge is -2.30. The van der Waals surface area contributed by atoms with Crippen LogP contribution in [0, 0.1) is 18.8 Å². The molecule has 2 heteroatoms. The minimum atomic E-state index is 0.402. The molecule has 2 unspecified atom stereocenters. The fraction of sp³-hybridized carbons (Fsp3) is 0.588. The Morgan fingerprint density at radius 1 is 1.14 bits per heavy atom. The molecule has 3 rings (SSSR count). The van der Waals surface area contributed by atoms with Crippen LogP contribution >= 0.6 is 0 Å². The van der Waals surface area contributed by atoms with Gasteiger partial charge < -0.3 is 9.64 Å². The molecule has 0 amide bonds. The Morgan fingerprint density at radius 3 is 2.72 bits per heavy atom. The van der Waals surface area contributed by atoms with E-state index < -0.39 is 0 Å². The van der Waals surface area contributed by atoms with E-state index in [1.54, 1.807) is 0 Å². The van der Waals surface area contributed by atoms with Gasteiger partial charge in [-0.05, 0) is 86.5 Å². The summed E-state index contributed by atoms with van der Waals surface area (Å²) in [6.07, 6.45) is 19.7. The minimum Gasteiger partial charge on any atom is -0.495 e. The summed E-state index contributed by atoms with van der Waals surface area (Å²) in [7, 11) is 0. The quantitative estimate of drug-likeness (QED) is 0.256. The molecule has 1 aliphatic carbocycles. The Bertz CT molecular complexity index is 935. The first kappa shape index (κ1) is 28.4. The van der Waals surface area contributed by atoms with E-state index in [1.165, 1.54) is 72.2 Å². The van der Waals surface area contributed by atoms with Crippen LogP contribution in [0.15, 0.2) is 66.1 Å². The molecular formula is C34H51NO. The second kappa shape index (κ2) is 14.5. The molecular weight excluding hydrogens is 438 g/mol. The third kappa shape index (κ3) is 8.43. The summed E-state index contributed by atoms with van der Waals surface area (Å²) in [6.45, 7) is 18.5. The van der Waals surface area contributed by atoms with E-state index in [0.29, 0.717) is 5.92 Å². The lowest BCUT2D eigenvalue weighted by Crippen LogP contribution is -2.30. The SMILES string of the molecule is C=CC1=CC2=C(CC1)OCC(c1ccc(C)cc1CCC)CN2CCCC(C)C/C=C/CCC(C)C. The molecule has 1 aliphatic heterocycles. The molecule has 1 aromatic carbocycles. The zero-order valence-electron chi connectivity index (χ0n) is 23.8. The molecule has 0 radical (unpaired) electrons. The van der Waals surface area contributed by atoms with Gasteiger partial charge in [0.1, 0.15) is 5.76 Å². The minimum absolute atomic E-state index is 0.402. The van der Waals surface area contributed by atoms with Crippen molar-refractivity contribution in [1.29, 1.82) is 0 Å². The van der Waals surface area contributed by atoms with Gasteiger partial charge in [0.2, 0.25) is 0 Å². The normalized spacial score (nSPS) is 19.2. The topological polar surface area (TPSA) is 12.5 Å². The third-order valence-corrected chi connectivity index (χ3v) is 7.75. The van der Waals surface area contributed by atoms with Gasteiger partial charge in [-0.3, -0.25) is 0 Å². The zero-order valence-corrected chi connectivity index (χ0v) is 23.8. The molecule has 2 nitrogen and oxygen atoms in total. The number of rotatable bonds is 13. The van der Waals surface area contributed by atoms with Crippen LogP contribution in [0.1, 0.15) is 102 Å². The number of allylic oxidation sites excluding steroid dienone is 6. The molecule has 0 saturated heterocycles. The monoisotopic (exact) mass is 489 g/mol. The Hall–Kier alpha value is -2.22. The molecule has 1 heterocycles. The summed E-state index contributed by atoms with van der Waals surface area (Å²) in [5.41, 5.74) is 7.00. The summed E-state index contributed by atoms with van der Waals surface area (Å²) < 4.78 is 6.53. The fourth-order valence-electron chi connectivity index (χ4n) is 5.55. The smallest absolute Gasteiger partial charge is 0.120 e. The maximum absolute atomic E-state index is 6.53. The first-order valence-electron chi connectivity index (χ1n) is 14.6. The van der Waals surface area contributed by atoms with Gasteiger partial charge in [-0.15, -0.1) is 0 Å². The molecule has 36 heavy (non-hydrogen) atoms. The highest BCUT2D eigenvalue weighted by atomic mass is 16.5. The first-order chi connectivity index (χ1) is 17.4. The molecule has 0 bridgehead atoms. The van der Waals surface area contributed by atoms with Crippen LogP contribution in [0.3, 0.4) is 0 Å². The maximum atomic E-state index is 6.53. The summed E-state index contributed by atoms with van der Waals surface area (Å²) >= 11 is 0. The largest absolute Gasteiger partial charge is 0.495 e. The summed E-state index contributed by atoms with van der Waals surface area (Å²) in [5, 5.41) is 0. The van der Waals surface area contributed by atoms with Crippen LogP contribution in [0.4, 0.5) is 0 Å². The number of hydrogen-bond donors (Lipinski definition) is 0. The van der Waals surface area contributed by atoms with Crippen LogP contribution < -0.4 is 0 Å². The predicted molar refractivity (Wildman–Crippen MR) is 156 cm³/mol. The lowest BCUT2D eigenvalue weighted by atomic mass is 9.90. The Morgan fingerprint density at radius 2 is 1.97 bits per heavy atom. The summed E-state index contributed by atoms with van der Waals surface area (Å²) in [4.78, 5) is 2.64. The number of nitrogens with zero attached hydrogens (tertiary/aromatic N) is 1. The second-order valence-corrected chi connectivity index (χ2v) is 11.6. The zero-order chi connectivity index (χ0) is 25.9.